The van der Waals surface area contributed by atoms with Gasteiger partial charge in [-0.05, 0) is 68.1 Å². The Bertz CT molecular complexity index is 2300. The topological polar surface area (TPSA) is 346 Å². The van der Waals surface area contributed by atoms with Crippen molar-refractivity contribution >= 4 is 81.0 Å². The highest BCUT2D eigenvalue weighted by molar-refractivity contribution is 8.76. The molecule has 22 nitrogen and oxygen atoms in total. The van der Waals surface area contributed by atoms with Gasteiger partial charge in [0.05, 0.1) is 18.6 Å². The minimum atomic E-state index is -1.49. The highest BCUT2D eigenvalue weighted by Crippen LogP contribution is 2.32. The first-order valence-electron chi connectivity index (χ1n) is 25.7. The first kappa shape index (κ1) is 59.9. The molecule has 0 radical (unpaired) electrons. The molecule has 3 heterocycles. The second-order valence-corrected chi connectivity index (χ2v) is 22.8. The summed E-state index contributed by atoms with van der Waals surface area (Å²) in [4.78, 5) is 129. The summed E-state index contributed by atoms with van der Waals surface area (Å²) in [5, 5.41) is 40.7. The largest absolute Gasteiger partial charge is 0.508 e. The van der Waals surface area contributed by atoms with Crippen LogP contribution in [0.4, 0.5) is 0 Å². The van der Waals surface area contributed by atoms with Crippen molar-refractivity contribution in [1.82, 2.24) is 42.1 Å². The van der Waals surface area contributed by atoms with E-state index in [0.717, 1.165) is 0 Å². The quantitative estimate of drug-likeness (QED) is 0.0851. The zero-order chi connectivity index (χ0) is 54.9. The van der Waals surface area contributed by atoms with E-state index in [4.69, 9.17) is 11.5 Å². The predicted molar refractivity (Wildman–Crippen MR) is 285 cm³/mol. The molecule has 0 aromatic heterocycles. The van der Waals surface area contributed by atoms with Crippen molar-refractivity contribution in [2.75, 3.05) is 24.6 Å². The van der Waals surface area contributed by atoms with Gasteiger partial charge in [0.1, 0.15) is 48.2 Å². The zero-order valence-electron chi connectivity index (χ0n) is 43.2. The van der Waals surface area contributed by atoms with Crippen LogP contribution in [-0.2, 0) is 49.6 Å². The summed E-state index contributed by atoms with van der Waals surface area (Å²) in [5.74, 6) is -7.50. The van der Waals surface area contributed by atoms with Crippen LogP contribution in [-0.4, -0.2) is 154 Å². The third kappa shape index (κ3) is 17.8. The van der Waals surface area contributed by atoms with Gasteiger partial charge in [0, 0.05) is 48.4 Å². The number of fused-ring (bicyclic) bond motifs is 2. The van der Waals surface area contributed by atoms with Crippen LogP contribution < -0.4 is 48.7 Å². The van der Waals surface area contributed by atoms with E-state index in [1.165, 1.54) is 38.6 Å². The fourth-order valence-electron chi connectivity index (χ4n) is 9.32. The molecule has 2 fully saturated rings. The number of phenols is 1. The number of phenolic OH excluding ortho intramolecular Hbond substituents is 1. The van der Waals surface area contributed by atoms with Crippen LogP contribution in [0.5, 0.6) is 5.75 Å². The number of nitrogens with zero attached hydrogens (tertiary/aromatic N) is 2. The van der Waals surface area contributed by atoms with E-state index in [9.17, 15) is 53.4 Å². The first-order valence-corrected chi connectivity index (χ1v) is 28.2. The van der Waals surface area contributed by atoms with Crippen molar-refractivity contribution in [3.63, 3.8) is 0 Å². The van der Waals surface area contributed by atoms with E-state index in [0.29, 0.717) is 31.4 Å². The van der Waals surface area contributed by atoms with Gasteiger partial charge in [-0.3, -0.25) is 53.5 Å². The molecule has 9 amide bonds. The van der Waals surface area contributed by atoms with Crippen molar-refractivity contribution in [2.45, 2.75) is 141 Å². The van der Waals surface area contributed by atoms with Gasteiger partial charge in [0.15, 0.2) is 0 Å². The number of carbonyl (C=O) groups excluding carboxylic acids is 9. The number of aliphatic hydroxyl groups excluding tert-OH is 1. The summed E-state index contributed by atoms with van der Waals surface area (Å²) in [6, 6.07) is -2.12. The number of nitrogens with one attached hydrogen (secondary N) is 7. The maximum absolute atomic E-state index is 14.8. The number of nitrogens with two attached hydrogens (primary N) is 2. The second-order valence-electron chi connectivity index (χ2n) is 20.2. The number of aliphatic imine (C=N–C) groups is 1. The molecule has 1 aromatic rings. The van der Waals surface area contributed by atoms with E-state index < -0.39 is 114 Å². The molecular weight excluding hydrogens is 1010 g/mol. The fraction of sp³-hybridized carbons (Fsp3) is 0.608. The molecule has 13 N–H and O–H groups in total. The van der Waals surface area contributed by atoms with Gasteiger partial charge in [-0.15, -0.1) is 0 Å². The van der Waals surface area contributed by atoms with Crippen molar-refractivity contribution in [3.8, 4) is 5.75 Å². The maximum atomic E-state index is 14.8. The lowest BCUT2D eigenvalue weighted by atomic mass is 9.83. The van der Waals surface area contributed by atoms with Crippen LogP contribution in [0.3, 0.4) is 0 Å². The Morgan fingerprint density at radius 3 is 2.27 bits per heavy atom. The number of allylic oxidation sites excluding steroid dienone is 2. The molecule has 24 heteroatoms. The molecule has 3 aliphatic heterocycles. The molecule has 1 aliphatic carbocycles. The molecule has 4 aliphatic rings. The lowest BCUT2D eigenvalue weighted by molar-refractivity contribution is -0.141. The molecule has 0 spiro atoms. The number of hydrogen-bond donors (Lipinski definition) is 11. The van der Waals surface area contributed by atoms with Gasteiger partial charge < -0.3 is 58.5 Å². The van der Waals surface area contributed by atoms with Crippen LogP contribution in [0.15, 0.2) is 53.6 Å². The van der Waals surface area contributed by atoms with Crippen LogP contribution >= 0.6 is 21.6 Å². The molecule has 75 heavy (non-hydrogen) atoms. The number of carbonyl (C=O) groups is 9. The average molecular weight is 1080 g/mol. The number of hydrogen-bond acceptors (Lipinski definition) is 15. The molecule has 0 bridgehead atoms. The minimum absolute atomic E-state index is 0.0233. The molecule has 5 rings (SSSR count). The van der Waals surface area contributed by atoms with Gasteiger partial charge >= 0.3 is 0 Å². The van der Waals surface area contributed by atoms with Crippen molar-refractivity contribution in [1.29, 1.82) is 0 Å². The van der Waals surface area contributed by atoms with Crippen LogP contribution in [0.25, 0.3) is 0 Å². The van der Waals surface area contributed by atoms with Crippen molar-refractivity contribution in [2.24, 2.45) is 46.0 Å². The third-order valence-corrected chi connectivity index (χ3v) is 16.4. The number of aliphatic hydroxyl groups is 1. The van der Waals surface area contributed by atoms with Crippen LogP contribution in [0, 0.1) is 29.6 Å². The number of amides is 9. The van der Waals surface area contributed by atoms with E-state index in [1.807, 2.05) is 38.2 Å². The molecular formula is C51H75N11O11S2. The third-order valence-electron chi connectivity index (χ3n) is 13.8. The van der Waals surface area contributed by atoms with Gasteiger partial charge in [-0.1, -0.05) is 99.1 Å². The first-order chi connectivity index (χ1) is 35.6. The van der Waals surface area contributed by atoms with Crippen molar-refractivity contribution in [3.05, 3.63) is 54.1 Å². The Hall–Kier alpha value is -5.98. The summed E-state index contributed by atoms with van der Waals surface area (Å²) in [7, 11) is 2.48. The van der Waals surface area contributed by atoms with Gasteiger partial charge in [0.2, 0.25) is 53.2 Å². The Kier molecular flexibility index (Phi) is 23.0. The second kappa shape index (κ2) is 28.8. The van der Waals surface area contributed by atoms with Crippen molar-refractivity contribution < 1.29 is 53.4 Å². The summed E-state index contributed by atoms with van der Waals surface area (Å²) in [6.07, 6.45) is 9.09. The number of primary amides is 2. The molecule has 13 atom stereocenters. The minimum Gasteiger partial charge on any atom is -0.508 e. The zero-order valence-corrected chi connectivity index (χ0v) is 44.8. The number of rotatable bonds is 18. The monoisotopic (exact) mass is 1080 g/mol. The average Bonchev–Trinajstić information content (AvgIpc) is 4.03. The summed E-state index contributed by atoms with van der Waals surface area (Å²) >= 11 is 0. The van der Waals surface area contributed by atoms with Gasteiger partial charge in [-0.2, -0.15) is 0 Å². The van der Waals surface area contributed by atoms with E-state index >= 15 is 0 Å². The van der Waals surface area contributed by atoms with Gasteiger partial charge in [-0.25, -0.2) is 0 Å². The summed E-state index contributed by atoms with van der Waals surface area (Å²) in [5.41, 5.74) is 11.5. The van der Waals surface area contributed by atoms with E-state index in [-0.39, 0.29) is 79.1 Å². The lowest BCUT2D eigenvalue weighted by Gasteiger charge is -2.31. The Morgan fingerprint density at radius 2 is 1.59 bits per heavy atom. The van der Waals surface area contributed by atoms with E-state index in [2.05, 4.69) is 42.2 Å². The number of benzene rings is 1. The normalized spacial score (nSPS) is 27.3. The standard InChI is InChI=1S/C51H75N11O11S2/c1-6-28(4)43(50(72)57-35(44(53)66)17-18-41(52)64)61-47(69)38(22-31-23-54-34-11-8-7-10-33(31)34)58-48(70)39-26-75-74-25-29(5)51(73)62-19-9-12-40(62)49(71)59-37(21-30-13-15-32(63)16-14-30)45(67)55-24-42(65)56-36(20-27(2)3)46(68)60-39/h7-8,10-11,13-16,23,27-29,31,33-40,43,45,55,63,67H,6,9,12,17-22,24-26H2,1-5H3,(H2,52,64)(H2,53,66)(H,56,65)(H,57,72)(H,58,70)(H,59,71)(H,60,68)(H,61,69)/t28?,29-,31?,33?,34?,35-,36-,37-,38-,39-,40-,43-,45+/m0/s1. The summed E-state index contributed by atoms with van der Waals surface area (Å²) in [6.45, 7) is 8.79. The van der Waals surface area contributed by atoms with Crippen LogP contribution in [0.1, 0.15) is 85.1 Å². The fourth-order valence-corrected chi connectivity index (χ4v) is 11.8. The lowest BCUT2D eigenvalue weighted by Crippen LogP contribution is -2.61. The highest BCUT2D eigenvalue weighted by atomic mass is 33.1. The molecule has 1 aromatic carbocycles. The highest BCUT2D eigenvalue weighted by Gasteiger charge is 2.40. The SMILES string of the molecule is CCC(C)[C@H](NC(=O)[C@H](CC1C=NC2C=CC=CC12)NC(=O)[C@@H]1CSSC[C@H](C)C(=O)N2CCC[C@H]2C(=O)N[C@@H](Cc2ccc(O)cc2)[C@@H](O)NCC(=O)N[C@@H](CC(C)C)C(=O)N1)C(=O)N[C@@H](CCC(N)=O)C(N)=O. The number of aromatic hydroxyl groups is 1. The molecule has 2 saturated heterocycles. The Balaban J connectivity index is 1.43. The Labute approximate surface area is 445 Å². The smallest absolute Gasteiger partial charge is 0.244 e. The molecule has 412 valence electrons. The van der Waals surface area contributed by atoms with Gasteiger partial charge in [0.25, 0.3) is 0 Å². The molecule has 4 unspecified atom stereocenters. The van der Waals surface area contributed by atoms with Crippen LogP contribution in [0.2, 0.25) is 0 Å². The predicted octanol–water partition coefficient (Wildman–Crippen LogP) is -0.182. The summed E-state index contributed by atoms with van der Waals surface area (Å²) < 4.78 is 0. The molecule has 0 saturated carbocycles. The Morgan fingerprint density at radius 1 is 0.880 bits per heavy atom. The van der Waals surface area contributed by atoms with E-state index in [1.54, 1.807) is 39.1 Å². The maximum Gasteiger partial charge on any atom is 0.244 e.